The molecular weight excluding hydrogens is 220 g/mol. The van der Waals surface area contributed by atoms with Crippen molar-refractivity contribution in [2.75, 3.05) is 13.1 Å². The molecule has 1 aromatic carbocycles. The van der Waals surface area contributed by atoms with Crippen molar-refractivity contribution < 1.29 is 0 Å². The third-order valence-corrected chi connectivity index (χ3v) is 3.96. The molecule has 1 aromatic rings. The summed E-state index contributed by atoms with van der Waals surface area (Å²) in [6, 6.07) is 9.91. The van der Waals surface area contributed by atoms with E-state index in [1.54, 1.807) is 0 Å². The molecule has 0 radical (unpaired) electrons. The quantitative estimate of drug-likeness (QED) is 0.829. The lowest BCUT2D eigenvalue weighted by Gasteiger charge is -2.23. The molecule has 1 atom stereocenters. The Morgan fingerprint density at radius 3 is 2.56 bits per heavy atom. The number of rotatable bonds is 6. The first kappa shape index (κ1) is 13.6. The van der Waals surface area contributed by atoms with E-state index >= 15 is 0 Å². The zero-order chi connectivity index (χ0) is 12.8. The van der Waals surface area contributed by atoms with Crippen LogP contribution in [-0.4, -0.2) is 24.0 Å². The molecule has 18 heavy (non-hydrogen) atoms. The van der Waals surface area contributed by atoms with Crippen molar-refractivity contribution >= 4 is 0 Å². The standard InChI is InChI=1S/C16H26N2/c1-3-16-6-5-11-18(16)13-15-9-7-14(8-10-15)12-17-4-2/h7-10,16-17H,3-6,11-13H2,1-2H3. The molecule has 1 aliphatic heterocycles. The van der Waals surface area contributed by atoms with Crippen LogP contribution in [0.15, 0.2) is 24.3 Å². The van der Waals surface area contributed by atoms with E-state index in [2.05, 4.69) is 48.3 Å². The van der Waals surface area contributed by atoms with Crippen LogP contribution in [0, 0.1) is 0 Å². The van der Waals surface area contributed by atoms with E-state index in [1.807, 2.05) is 0 Å². The van der Waals surface area contributed by atoms with E-state index in [1.165, 1.54) is 36.9 Å². The van der Waals surface area contributed by atoms with Crippen LogP contribution in [0.25, 0.3) is 0 Å². The van der Waals surface area contributed by atoms with Gasteiger partial charge in [0.05, 0.1) is 0 Å². The summed E-state index contributed by atoms with van der Waals surface area (Å²) in [4.78, 5) is 2.64. The van der Waals surface area contributed by atoms with Gasteiger partial charge >= 0.3 is 0 Å². The third kappa shape index (κ3) is 3.56. The first-order valence-electron chi connectivity index (χ1n) is 7.36. The van der Waals surface area contributed by atoms with Crippen LogP contribution in [0.2, 0.25) is 0 Å². The average molecular weight is 246 g/mol. The minimum Gasteiger partial charge on any atom is -0.313 e. The monoisotopic (exact) mass is 246 g/mol. The molecule has 1 saturated heterocycles. The van der Waals surface area contributed by atoms with Gasteiger partial charge in [0.15, 0.2) is 0 Å². The number of benzene rings is 1. The van der Waals surface area contributed by atoms with Gasteiger partial charge in [-0.3, -0.25) is 4.90 Å². The summed E-state index contributed by atoms with van der Waals surface area (Å²) < 4.78 is 0. The van der Waals surface area contributed by atoms with Crippen LogP contribution < -0.4 is 5.32 Å². The number of hydrogen-bond donors (Lipinski definition) is 1. The summed E-state index contributed by atoms with van der Waals surface area (Å²) in [6.07, 6.45) is 4.05. The first-order chi connectivity index (χ1) is 8.83. The summed E-state index contributed by atoms with van der Waals surface area (Å²) in [7, 11) is 0. The highest BCUT2D eigenvalue weighted by Gasteiger charge is 2.22. The first-order valence-corrected chi connectivity index (χ1v) is 7.36. The van der Waals surface area contributed by atoms with Gasteiger partial charge in [-0.15, -0.1) is 0 Å². The van der Waals surface area contributed by atoms with Gasteiger partial charge in [-0.1, -0.05) is 38.1 Å². The molecule has 100 valence electrons. The highest BCUT2D eigenvalue weighted by atomic mass is 15.2. The smallest absolute Gasteiger partial charge is 0.0236 e. The maximum absolute atomic E-state index is 3.36. The fraction of sp³-hybridized carbons (Fsp3) is 0.625. The number of likely N-dealkylation sites (tertiary alicyclic amines) is 1. The highest BCUT2D eigenvalue weighted by Crippen LogP contribution is 2.22. The lowest BCUT2D eigenvalue weighted by Crippen LogP contribution is -2.28. The molecule has 0 spiro atoms. The minimum atomic E-state index is 0.812. The van der Waals surface area contributed by atoms with Gasteiger partial charge in [0.25, 0.3) is 0 Å². The molecule has 0 aromatic heterocycles. The van der Waals surface area contributed by atoms with Gasteiger partial charge in [-0.2, -0.15) is 0 Å². The van der Waals surface area contributed by atoms with E-state index in [0.717, 1.165) is 25.7 Å². The van der Waals surface area contributed by atoms with Crippen molar-refractivity contribution in [3.8, 4) is 0 Å². The van der Waals surface area contributed by atoms with Crippen LogP contribution in [0.3, 0.4) is 0 Å². The lowest BCUT2D eigenvalue weighted by molar-refractivity contribution is 0.240. The van der Waals surface area contributed by atoms with Crippen molar-refractivity contribution in [2.45, 2.75) is 52.2 Å². The molecule has 1 aliphatic rings. The van der Waals surface area contributed by atoms with Crippen LogP contribution in [0.1, 0.15) is 44.2 Å². The van der Waals surface area contributed by atoms with E-state index in [4.69, 9.17) is 0 Å². The fourth-order valence-corrected chi connectivity index (χ4v) is 2.83. The Kier molecular flexibility index (Phi) is 5.21. The second kappa shape index (κ2) is 6.91. The van der Waals surface area contributed by atoms with Crippen molar-refractivity contribution in [2.24, 2.45) is 0 Å². The molecule has 1 unspecified atom stereocenters. The summed E-state index contributed by atoms with van der Waals surface area (Å²) in [5.74, 6) is 0. The lowest BCUT2D eigenvalue weighted by atomic mass is 10.1. The molecule has 0 aliphatic carbocycles. The topological polar surface area (TPSA) is 15.3 Å². The van der Waals surface area contributed by atoms with Gasteiger partial charge in [0.2, 0.25) is 0 Å². The molecule has 0 saturated carbocycles. The minimum absolute atomic E-state index is 0.812. The number of nitrogens with one attached hydrogen (secondary N) is 1. The molecule has 1 fully saturated rings. The molecule has 2 rings (SSSR count). The maximum Gasteiger partial charge on any atom is 0.0236 e. The van der Waals surface area contributed by atoms with Crippen molar-refractivity contribution in [3.05, 3.63) is 35.4 Å². The maximum atomic E-state index is 3.36. The van der Waals surface area contributed by atoms with E-state index in [-0.39, 0.29) is 0 Å². The van der Waals surface area contributed by atoms with Gasteiger partial charge in [-0.25, -0.2) is 0 Å². The average Bonchev–Trinajstić information content (AvgIpc) is 2.85. The Hall–Kier alpha value is -0.860. The van der Waals surface area contributed by atoms with Crippen molar-refractivity contribution in [3.63, 3.8) is 0 Å². The Balaban J connectivity index is 1.89. The second-order valence-corrected chi connectivity index (χ2v) is 5.27. The predicted octanol–water partition coefficient (Wildman–Crippen LogP) is 3.17. The zero-order valence-corrected chi connectivity index (χ0v) is 11.8. The van der Waals surface area contributed by atoms with Crippen LogP contribution >= 0.6 is 0 Å². The molecule has 1 heterocycles. The van der Waals surface area contributed by atoms with Crippen LogP contribution in [0.5, 0.6) is 0 Å². The van der Waals surface area contributed by atoms with Crippen LogP contribution in [-0.2, 0) is 13.1 Å². The largest absolute Gasteiger partial charge is 0.313 e. The molecule has 2 nitrogen and oxygen atoms in total. The van der Waals surface area contributed by atoms with E-state index < -0.39 is 0 Å². The Morgan fingerprint density at radius 2 is 1.89 bits per heavy atom. The molecule has 1 N–H and O–H groups in total. The molecule has 2 heteroatoms. The molecular formula is C16H26N2. The molecule has 0 bridgehead atoms. The molecule has 0 amide bonds. The van der Waals surface area contributed by atoms with E-state index in [9.17, 15) is 0 Å². The SMILES string of the molecule is CCNCc1ccc(CN2CCCC2CC)cc1. The summed E-state index contributed by atoms with van der Waals surface area (Å²) in [5, 5.41) is 3.36. The zero-order valence-electron chi connectivity index (χ0n) is 11.8. The third-order valence-electron chi connectivity index (χ3n) is 3.96. The van der Waals surface area contributed by atoms with Gasteiger partial charge in [-0.05, 0) is 43.5 Å². The fourth-order valence-electron chi connectivity index (χ4n) is 2.83. The number of nitrogens with zero attached hydrogens (tertiary/aromatic N) is 1. The predicted molar refractivity (Wildman–Crippen MR) is 77.5 cm³/mol. The Bertz CT molecular complexity index is 345. The van der Waals surface area contributed by atoms with Crippen molar-refractivity contribution in [1.82, 2.24) is 10.2 Å². The Morgan fingerprint density at radius 1 is 1.17 bits per heavy atom. The summed E-state index contributed by atoms with van der Waals surface area (Å²) >= 11 is 0. The summed E-state index contributed by atoms with van der Waals surface area (Å²) in [6.45, 7) is 8.87. The second-order valence-electron chi connectivity index (χ2n) is 5.27. The van der Waals surface area contributed by atoms with Gasteiger partial charge in [0.1, 0.15) is 0 Å². The summed E-state index contributed by atoms with van der Waals surface area (Å²) in [5.41, 5.74) is 2.84. The Labute approximate surface area is 111 Å². The van der Waals surface area contributed by atoms with Crippen molar-refractivity contribution in [1.29, 1.82) is 0 Å². The highest BCUT2D eigenvalue weighted by molar-refractivity contribution is 5.22. The van der Waals surface area contributed by atoms with E-state index in [0.29, 0.717) is 0 Å². The van der Waals surface area contributed by atoms with Crippen LogP contribution in [0.4, 0.5) is 0 Å². The van der Waals surface area contributed by atoms with Gasteiger partial charge < -0.3 is 5.32 Å². The number of hydrogen-bond acceptors (Lipinski definition) is 2. The van der Waals surface area contributed by atoms with Gasteiger partial charge in [0, 0.05) is 19.1 Å². The normalized spacial score (nSPS) is 20.4.